The van der Waals surface area contributed by atoms with E-state index in [0.717, 1.165) is 0 Å². The Bertz CT molecular complexity index is 525. The summed E-state index contributed by atoms with van der Waals surface area (Å²) in [6.45, 7) is 0. The molecule has 0 saturated carbocycles. The maximum absolute atomic E-state index is 10.4. The predicted molar refractivity (Wildman–Crippen MR) is 54.6 cm³/mol. The van der Waals surface area contributed by atoms with Gasteiger partial charge in [-0.2, -0.15) is 0 Å². The van der Waals surface area contributed by atoms with Crippen molar-refractivity contribution in [1.29, 1.82) is 0 Å². The molecule has 0 aliphatic carbocycles. The molecule has 2 heterocycles. The fourth-order valence-electron chi connectivity index (χ4n) is 1.10. The van der Waals surface area contributed by atoms with Gasteiger partial charge in [0.15, 0.2) is 0 Å². The van der Waals surface area contributed by atoms with Gasteiger partial charge >= 0.3 is 5.82 Å². The first-order valence-corrected chi connectivity index (χ1v) is 4.73. The molecule has 2 rings (SSSR count). The molecule has 0 spiro atoms. The standard InChI is InChI=1S/C7H3BrClN3O2/c8-5-1-4(9)2-11-3-6(12(13)14)10-7(5)11/h1-3H. The average Bonchev–Trinajstić information content (AvgIpc) is 2.47. The molecule has 0 unspecified atom stereocenters. The van der Waals surface area contributed by atoms with E-state index in [1.807, 2.05) is 0 Å². The van der Waals surface area contributed by atoms with E-state index in [2.05, 4.69) is 20.9 Å². The number of halogens is 2. The normalized spacial score (nSPS) is 10.7. The van der Waals surface area contributed by atoms with Crippen molar-refractivity contribution in [3.8, 4) is 0 Å². The molecule has 0 saturated heterocycles. The lowest BCUT2D eigenvalue weighted by atomic mass is 10.5. The summed E-state index contributed by atoms with van der Waals surface area (Å²) in [7, 11) is 0. The van der Waals surface area contributed by atoms with Crippen LogP contribution >= 0.6 is 27.5 Å². The summed E-state index contributed by atoms with van der Waals surface area (Å²) in [5.74, 6) is -0.201. The van der Waals surface area contributed by atoms with Gasteiger partial charge in [-0.3, -0.25) is 4.40 Å². The molecule has 0 fully saturated rings. The third-order valence-electron chi connectivity index (χ3n) is 1.65. The molecular weight excluding hydrogens is 273 g/mol. The van der Waals surface area contributed by atoms with Crippen molar-refractivity contribution in [3.05, 3.63) is 38.1 Å². The molecular formula is C7H3BrClN3O2. The van der Waals surface area contributed by atoms with Gasteiger partial charge < -0.3 is 10.1 Å². The van der Waals surface area contributed by atoms with Crippen LogP contribution in [0, 0.1) is 10.1 Å². The Labute approximate surface area is 91.6 Å². The number of aromatic nitrogens is 2. The summed E-state index contributed by atoms with van der Waals surface area (Å²) < 4.78 is 2.13. The van der Waals surface area contributed by atoms with E-state index < -0.39 is 4.92 Å². The van der Waals surface area contributed by atoms with Crippen LogP contribution in [-0.4, -0.2) is 14.3 Å². The van der Waals surface area contributed by atoms with Crippen LogP contribution in [0.4, 0.5) is 5.82 Å². The first kappa shape index (κ1) is 9.42. The minimum Gasteiger partial charge on any atom is -0.358 e. The molecule has 14 heavy (non-hydrogen) atoms. The van der Waals surface area contributed by atoms with Crippen LogP contribution in [0.25, 0.3) is 5.65 Å². The van der Waals surface area contributed by atoms with Crippen LogP contribution in [0.5, 0.6) is 0 Å². The molecule has 5 nitrogen and oxygen atoms in total. The minimum absolute atomic E-state index is 0.201. The topological polar surface area (TPSA) is 60.4 Å². The summed E-state index contributed by atoms with van der Waals surface area (Å²) in [5.41, 5.74) is 0.473. The highest BCUT2D eigenvalue weighted by atomic mass is 79.9. The summed E-state index contributed by atoms with van der Waals surface area (Å²) in [5, 5.41) is 10.9. The monoisotopic (exact) mass is 275 g/mol. The van der Waals surface area contributed by atoms with Gasteiger partial charge in [0.05, 0.1) is 9.50 Å². The number of hydrogen-bond donors (Lipinski definition) is 0. The lowest BCUT2D eigenvalue weighted by Gasteiger charge is -1.92. The molecule has 0 aromatic carbocycles. The molecule has 0 radical (unpaired) electrons. The Kier molecular flexibility index (Phi) is 2.16. The quantitative estimate of drug-likeness (QED) is 0.594. The largest absolute Gasteiger partial charge is 0.382 e. The second-order valence-electron chi connectivity index (χ2n) is 2.59. The van der Waals surface area contributed by atoms with Crippen LogP contribution in [0.3, 0.4) is 0 Å². The number of rotatable bonds is 1. The molecule has 0 bridgehead atoms. The highest BCUT2D eigenvalue weighted by molar-refractivity contribution is 9.10. The zero-order valence-electron chi connectivity index (χ0n) is 6.65. The lowest BCUT2D eigenvalue weighted by Crippen LogP contribution is -1.85. The Balaban J connectivity index is 2.76. The molecule has 0 aliphatic rings. The molecule has 0 aliphatic heterocycles. The van der Waals surface area contributed by atoms with Gasteiger partial charge in [-0.15, -0.1) is 0 Å². The third kappa shape index (κ3) is 1.46. The summed E-state index contributed by atoms with van der Waals surface area (Å²) >= 11 is 8.98. The van der Waals surface area contributed by atoms with Gasteiger partial charge in [-0.1, -0.05) is 11.6 Å². The maximum atomic E-state index is 10.4. The smallest absolute Gasteiger partial charge is 0.358 e. The summed E-state index contributed by atoms with van der Waals surface area (Å²) in [6.07, 6.45) is 2.87. The van der Waals surface area contributed by atoms with Crippen molar-refractivity contribution in [2.75, 3.05) is 0 Å². The Morgan fingerprint density at radius 1 is 1.57 bits per heavy atom. The SMILES string of the molecule is O=[N+]([O-])c1cn2cc(Cl)cc(Br)c2n1. The highest BCUT2D eigenvalue weighted by Crippen LogP contribution is 2.24. The molecule has 2 aromatic rings. The van der Waals surface area contributed by atoms with Crippen LogP contribution in [-0.2, 0) is 0 Å². The van der Waals surface area contributed by atoms with Gasteiger partial charge in [0, 0.05) is 6.20 Å². The number of nitro groups is 1. The first-order chi connectivity index (χ1) is 6.58. The van der Waals surface area contributed by atoms with Gasteiger partial charge in [0.2, 0.25) is 0 Å². The van der Waals surface area contributed by atoms with Crippen molar-refractivity contribution in [3.63, 3.8) is 0 Å². The van der Waals surface area contributed by atoms with Crippen molar-refractivity contribution in [2.24, 2.45) is 0 Å². The Hall–Kier alpha value is -1.14. The zero-order valence-corrected chi connectivity index (χ0v) is 8.99. The van der Waals surface area contributed by atoms with Crippen molar-refractivity contribution >= 4 is 39.0 Å². The van der Waals surface area contributed by atoms with Gasteiger partial charge in [-0.25, -0.2) is 0 Å². The number of fused-ring (bicyclic) bond motifs is 1. The van der Waals surface area contributed by atoms with Crippen molar-refractivity contribution in [2.45, 2.75) is 0 Å². The summed E-state index contributed by atoms with van der Waals surface area (Å²) in [4.78, 5) is 13.7. The van der Waals surface area contributed by atoms with Gasteiger partial charge in [0.25, 0.3) is 5.65 Å². The third-order valence-corrected chi connectivity index (χ3v) is 2.44. The molecule has 2 aromatic heterocycles. The second-order valence-corrected chi connectivity index (χ2v) is 3.88. The van der Waals surface area contributed by atoms with E-state index in [9.17, 15) is 10.1 Å². The van der Waals surface area contributed by atoms with E-state index in [4.69, 9.17) is 11.6 Å². The van der Waals surface area contributed by atoms with Crippen LogP contribution in [0.1, 0.15) is 0 Å². The van der Waals surface area contributed by atoms with E-state index in [-0.39, 0.29) is 5.82 Å². The Morgan fingerprint density at radius 2 is 2.29 bits per heavy atom. The number of hydrogen-bond acceptors (Lipinski definition) is 3. The van der Waals surface area contributed by atoms with E-state index in [0.29, 0.717) is 15.1 Å². The van der Waals surface area contributed by atoms with E-state index >= 15 is 0 Å². The number of imidazole rings is 1. The molecule has 0 atom stereocenters. The second kappa shape index (κ2) is 3.21. The molecule has 7 heteroatoms. The predicted octanol–water partition coefficient (Wildman–Crippen LogP) is 2.66. The first-order valence-electron chi connectivity index (χ1n) is 3.56. The molecule has 0 amide bonds. The maximum Gasteiger partial charge on any atom is 0.382 e. The lowest BCUT2D eigenvalue weighted by molar-refractivity contribution is -0.389. The van der Waals surface area contributed by atoms with Crippen molar-refractivity contribution < 1.29 is 4.92 Å². The van der Waals surface area contributed by atoms with Crippen molar-refractivity contribution in [1.82, 2.24) is 9.38 Å². The van der Waals surface area contributed by atoms with Gasteiger partial charge in [0.1, 0.15) is 6.20 Å². The average molecular weight is 276 g/mol. The fourth-order valence-corrected chi connectivity index (χ4v) is 1.99. The number of pyridine rings is 1. The molecule has 72 valence electrons. The van der Waals surface area contributed by atoms with E-state index in [1.165, 1.54) is 10.6 Å². The van der Waals surface area contributed by atoms with Crippen LogP contribution in [0.2, 0.25) is 5.02 Å². The fraction of sp³-hybridized carbons (Fsp3) is 0. The highest BCUT2D eigenvalue weighted by Gasteiger charge is 2.15. The minimum atomic E-state index is -0.548. The number of nitrogens with zero attached hydrogens (tertiary/aromatic N) is 3. The zero-order chi connectivity index (χ0) is 10.3. The summed E-state index contributed by atoms with van der Waals surface area (Å²) in [6, 6.07) is 1.63. The van der Waals surface area contributed by atoms with E-state index in [1.54, 1.807) is 12.3 Å². The van der Waals surface area contributed by atoms with Crippen LogP contribution < -0.4 is 0 Å². The molecule has 0 N–H and O–H groups in total. The Morgan fingerprint density at radius 3 is 2.93 bits per heavy atom. The van der Waals surface area contributed by atoms with Crippen LogP contribution in [0.15, 0.2) is 22.9 Å². The van der Waals surface area contributed by atoms with Gasteiger partial charge in [-0.05, 0) is 31.9 Å².